The Balaban J connectivity index is 1.77. The van der Waals surface area contributed by atoms with Crippen LogP contribution in [-0.2, 0) is 4.79 Å². The highest BCUT2D eigenvalue weighted by Crippen LogP contribution is 2.23. The monoisotopic (exact) mass is 317 g/mol. The number of carbonyl (C=O) groups excluding carboxylic acids is 2. The van der Waals surface area contributed by atoms with Crippen molar-refractivity contribution in [2.75, 3.05) is 13.1 Å². The second-order valence-electron chi connectivity index (χ2n) is 5.69. The predicted octanol–water partition coefficient (Wildman–Crippen LogP) is 0.600. The van der Waals surface area contributed by atoms with E-state index in [0.717, 1.165) is 0 Å². The molecular weight excluding hydrogens is 301 g/mol. The van der Waals surface area contributed by atoms with E-state index in [1.165, 1.54) is 35.3 Å². The number of rotatable bonds is 3. The second kappa shape index (κ2) is 5.79. The molecule has 2 heterocycles. The maximum atomic E-state index is 12.9. The van der Waals surface area contributed by atoms with Crippen LogP contribution in [0.4, 0.5) is 4.39 Å². The van der Waals surface area contributed by atoms with Crippen molar-refractivity contribution in [3.63, 3.8) is 0 Å². The lowest BCUT2D eigenvalue weighted by Gasteiger charge is -2.13. The van der Waals surface area contributed by atoms with Gasteiger partial charge in [0, 0.05) is 13.1 Å². The zero-order valence-corrected chi connectivity index (χ0v) is 12.5. The molecule has 120 valence electrons. The quantitative estimate of drug-likeness (QED) is 0.897. The van der Waals surface area contributed by atoms with Crippen molar-refractivity contribution < 1.29 is 14.0 Å². The topological polar surface area (TPSA) is 94.1 Å². The van der Waals surface area contributed by atoms with Gasteiger partial charge in [0.1, 0.15) is 5.82 Å². The first-order valence-corrected chi connectivity index (χ1v) is 7.22. The summed E-state index contributed by atoms with van der Waals surface area (Å²) in [4.78, 5) is 26.6. The van der Waals surface area contributed by atoms with Gasteiger partial charge in [0.05, 0.1) is 17.8 Å². The molecule has 0 aliphatic carbocycles. The molecule has 0 radical (unpaired) electrons. The van der Waals surface area contributed by atoms with Gasteiger partial charge in [0.15, 0.2) is 5.69 Å². The van der Waals surface area contributed by atoms with Crippen molar-refractivity contribution in [3.05, 3.63) is 42.0 Å². The van der Waals surface area contributed by atoms with Crippen molar-refractivity contribution in [2.45, 2.75) is 6.92 Å². The number of nitrogens with two attached hydrogens (primary N) is 1. The summed E-state index contributed by atoms with van der Waals surface area (Å²) < 4.78 is 12.9. The fraction of sp³-hybridized carbons (Fsp3) is 0.333. The maximum Gasteiger partial charge on any atom is 0.276 e. The summed E-state index contributed by atoms with van der Waals surface area (Å²) in [6, 6.07) is 5.62. The highest BCUT2D eigenvalue weighted by Gasteiger charge is 2.36. The number of hydrogen-bond donors (Lipinski definition) is 1. The van der Waals surface area contributed by atoms with Gasteiger partial charge in [-0.05, 0) is 30.2 Å². The molecule has 2 amide bonds. The van der Waals surface area contributed by atoms with Crippen LogP contribution in [0.3, 0.4) is 0 Å². The Morgan fingerprint density at radius 3 is 2.57 bits per heavy atom. The third-order valence-corrected chi connectivity index (χ3v) is 4.03. The zero-order chi connectivity index (χ0) is 16.6. The summed E-state index contributed by atoms with van der Waals surface area (Å²) in [5.74, 6) is -1.38. The summed E-state index contributed by atoms with van der Waals surface area (Å²) in [6.07, 6.45) is 1.36. The summed E-state index contributed by atoms with van der Waals surface area (Å²) in [5, 5.41) is 8.15. The number of likely N-dealkylation sites (tertiary alicyclic amines) is 1. The molecule has 1 aromatic carbocycles. The average molecular weight is 317 g/mol. The lowest BCUT2D eigenvalue weighted by atomic mass is 9.98. The van der Waals surface area contributed by atoms with E-state index in [0.29, 0.717) is 18.8 Å². The van der Waals surface area contributed by atoms with Crippen LogP contribution < -0.4 is 5.73 Å². The van der Waals surface area contributed by atoms with Gasteiger partial charge in [-0.15, -0.1) is 5.10 Å². The molecule has 7 nitrogen and oxygen atoms in total. The number of nitrogens with zero attached hydrogens (tertiary/aromatic N) is 4. The highest BCUT2D eigenvalue weighted by molar-refractivity contribution is 5.93. The van der Waals surface area contributed by atoms with E-state index < -0.39 is 5.91 Å². The SMILES string of the molecule is C[C@@H]1CN(C(=O)c2cnn(-c3ccc(F)cc3)n2)C[C@H]1C(N)=O. The average Bonchev–Trinajstić information content (AvgIpc) is 3.14. The van der Waals surface area contributed by atoms with Crippen LogP contribution in [0.15, 0.2) is 30.5 Å². The highest BCUT2D eigenvalue weighted by atomic mass is 19.1. The molecule has 0 saturated carbocycles. The normalized spacial score (nSPS) is 20.7. The van der Waals surface area contributed by atoms with E-state index in [4.69, 9.17) is 5.73 Å². The smallest absolute Gasteiger partial charge is 0.276 e. The Labute approximate surface area is 131 Å². The molecule has 8 heteroatoms. The maximum absolute atomic E-state index is 12.9. The van der Waals surface area contributed by atoms with Crippen molar-refractivity contribution >= 4 is 11.8 Å². The Morgan fingerprint density at radius 2 is 1.96 bits per heavy atom. The van der Waals surface area contributed by atoms with E-state index in [9.17, 15) is 14.0 Å². The van der Waals surface area contributed by atoms with E-state index >= 15 is 0 Å². The number of benzene rings is 1. The van der Waals surface area contributed by atoms with Crippen LogP contribution >= 0.6 is 0 Å². The van der Waals surface area contributed by atoms with Crippen molar-refractivity contribution in [1.29, 1.82) is 0 Å². The fourth-order valence-corrected chi connectivity index (χ4v) is 2.72. The zero-order valence-electron chi connectivity index (χ0n) is 12.5. The largest absolute Gasteiger partial charge is 0.369 e. The Morgan fingerprint density at radius 1 is 1.26 bits per heavy atom. The van der Waals surface area contributed by atoms with E-state index in [1.54, 1.807) is 4.90 Å². The molecule has 1 fully saturated rings. The molecule has 2 aromatic rings. The fourth-order valence-electron chi connectivity index (χ4n) is 2.72. The van der Waals surface area contributed by atoms with Crippen LogP contribution in [-0.4, -0.2) is 44.8 Å². The third-order valence-electron chi connectivity index (χ3n) is 4.03. The lowest BCUT2D eigenvalue weighted by molar-refractivity contribution is -0.122. The number of primary amides is 1. The van der Waals surface area contributed by atoms with Gasteiger partial charge in [-0.3, -0.25) is 9.59 Å². The first kappa shape index (κ1) is 15.1. The summed E-state index contributed by atoms with van der Waals surface area (Å²) >= 11 is 0. The molecule has 23 heavy (non-hydrogen) atoms. The van der Waals surface area contributed by atoms with Crippen LogP contribution in [0.2, 0.25) is 0 Å². The Hall–Kier alpha value is -2.77. The molecule has 1 aliphatic rings. The molecule has 0 unspecified atom stereocenters. The van der Waals surface area contributed by atoms with Gasteiger partial charge in [-0.2, -0.15) is 9.90 Å². The standard InChI is InChI=1S/C15H16FN5O2/c1-9-7-20(8-12(9)14(17)22)15(23)13-6-18-21(19-13)11-4-2-10(16)3-5-11/h2-6,9,12H,7-8H2,1H3,(H2,17,22)/t9-,12-/m1/s1. The predicted molar refractivity (Wildman–Crippen MR) is 79.1 cm³/mol. The molecule has 2 atom stereocenters. The molecule has 2 N–H and O–H groups in total. The minimum absolute atomic E-state index is 0.0172. The molecule has 0 spiro atoms. The minimum atomic E-state index is -0.400. The molecular formula is C15H16FN5O2. The lowest BCUT2D eigenvalue weighted by Crippen LogP contribution is -2.32. The van der Waals surface area contributed by atoms with Crippen LogP contribution in [0, 0.1) is 17.7 Å². The van der Waals surface area contributed by atoms with Crippen molar-refractivity contribution in [2.24, 2.45) is 17.6 Å². The molecule has 1 saturated heterocycles. The van der Waals surface area contributed by atoms with Crippen molar-refractivity contribution in [3.8, 4) is 5.69 Å². The molecule has 1 aromatic heterocycles. The Bertz CT molecular complexity index is 743. The first-order valence-electron chi connectivity index (χ1n) is 7.22. The Kier molecular flexibility index (Phi) is 3.81. The van der Waals surface area contributed by atoms with Gasteiger partial charge in [-0.1, -0.05) is 6.92 Å². The van der Waals surface area contributed by atoms with Gasteiger partial charge in [0.25, 0.3) is 5.91 Å². The van der Waals surface area contributed by atoms with Crippen molar-refractivity contribution in [1.82, 2.24) is 19.9 Å². The van der Waals surface area contributed by atoms with E-state index in [1.807, 2.05) is 6.92 Å². The summed E-state index contributed by atoms with van der Waals surface area (Å²) in [7, 11) is 0. The molecule has 3 rings (SSSR count). The van der Waals surface area contributed by atoms with Gasteiger partial charge in [0.2, 0.25) is 5.91 Å². The van der Waals surface area contributed by atoms with Crippen LogP contribution in [0.25, 0.3) is 5.69 Å². The van der Waals surface area contributed by atoms with Crippen LogP contribution in [0.5, 0.6) is 0 Å². The van der Waals surface area contributed by atoms with Gasteiger partial charge >= 0.3 is 0 Å². The molecule has 1 aliphatic heterocycles. The number of amides is 2. The molecule has 0 bridgehead atoms. The third kappa shape index (κ3) is 2.92. The second-order valence-corrected chi connectivity index (χ2v) is 5.69. The first-order chi connectivity index (χ1) is 11.0. The number of halogens is 1. The van der Waals surface area contributed by atoms with E-state index in [2.05, 4.69) is 10.2 Å². The van der Waals surface area contributed by atoms with Gasteiger partial charge in [-0.25, -0.2) is 4.39 Å². The number of aromatic nitrogens is 3. The van der Waals surface area contributed by atoms with Crippen LogP contribution in [0.1, 0.15) is 17.4 Å². The van der Waals surface area contributed by atoms with Gasteiger partial charge < -0.3 is 10.6 Å². The minimum Gasteiger partial charge on any atom is -0.369 e. The number of carbonyl (C=O) groups is 2. The van der Waals surface area contributed by atoms with E-state index in [-0.39, 0.29) is 29.3 Å². The summed E-state index contributed by atoms with van der Waals surface area (Å²) in [5.41, 5.74) is 6.07. The summed E-state index contributed by atoms with van der Waals surface area (Å²) in [6.45, 7) is 2.63. The number of hydrogen-bond acceptors (Lipinski definition) is 4.